The molecule has 0 N–H and O–H groups in total. The highest BCUT2D eigenvalue weighted by Gasteiger charge is 2.46. The summed E-state index contributed by atoms with van der Waals surface area (Å²) < 4.78 is 2.54. The quantitative estimate of drug-likeness (QED) is 0.0894. The predicted octanol–water partition coefficient (Wildman–Crippen LogP) is 19.8. The Balaban J connectivity index is 1.33. The first-order valence-corrected chi connectivity index (χ1v) is 30.9. The Labute approximate surface area is 481 Å². The summed E-state index contributed by atoms with van der Waals surface area (Å²) in [6.45, 7) is 31.1. The van der Waals surface area contributed by atoms with Crippen molar-refractivity contribution in [1.82, 2.24) is 4.57 Å². The molecule has 11 rings (SSSR count). The molecule has 0 spiro atoms. The zero-order chi connectivity index (χ0) is 56.3. The van der Waals surface area contributed by atoms with E-state index in [1.54, 1.807) is 0 Å². The molecule has 0 bridgehead atoms. The van der Waals surface area contributed by atoms with Crippen LogP contribution in [0.3, 0.4) is 0 Å². The lowest BCUT2D eigenvalue weighted by Crippen LogP contribution is -2.61. The molecule has 0 saturated heterocycles. The maximum atomic E-state index is 2.84. The maximum Gasteiger partial charge on any atom is 0.252 e. The lowest BCUT2D eigenvalue weighted by atomic mass is 9.33. The van der Waals surface area contributed by atoms with Gasteiger partial charge in [-0.25, -0.2) is 0 Å². The molecular formula is C76H88BN3. The number of rotatable bonds is 16. The van der Waals surface area contributed by atoms with Crippen LogP contribution in [0.1, 0.15) is 180 Å². The Kier molecular flexibility index (Phi) is 15.1. The zero-order valence-corrected chi connectivity index (χ0v) is 50.8. The molecule has 0 amide bonds. The molecule has 0 unspecified atom stereocenters. The normalized spacial score (nSPS) is 13.3. The number of benzene rings is 8. The monoisotopic (exact) mass is 1050 g/mol. The number of nitrogens with zero attached hydrogens (tertiary/aromatic N) is 3. The maximum absolute atomic E-state index is 2.84. The number of hydrogen-bond donors (Lipinski definition) is 0. The van der Waals surface area contributed by atoms with E-state index in [2.05, 4.69) is 256 Å². The topological polar surface area (TPSA) is 11.4 Å². The molecule has 4 heteroatoms. The summed E-state index contributed by atoms with van der Waals surface area (Å²) in [7, 11) is 0. The van der Waals surface area contributed by atoms with Crippen LogP contribution in [0.5, 0.6) is 0 Å². The second-order valence-electron chi connectivity index (χ2n) is 26.7. The van der Waals surface area contributed by atoms with Gasteiger partial charge in [0.15, 0.2) is 0 Å². The first-order chi connectivity index (χ1) is 38.4. The SMILES string of the molecule is CCCCc1cc(C(C)(C)C)cc(CCCC)c1N1c2ccc(-c3ccccc3)cc2B2c3ccc(-n4c5ccccc5c5ccccc54)cc3N(c3c(CCCC)cc(C(C)(C)C)cc3CCCC)c3cc(C(C)(C)C)cc1c32. The van der Waals surface area contributed by atoms with Crippen LogP contribution in [0.4, 0.5) is 34.1 Å². The van der Waals surface area contributed by atoms with E-state index >= 15 is 0 Å². The number of para-hydroxylation sites is 2. The summed E-state index contributed by atoms with van der Waals surface area (Å²) in [6, 6.07) is 60.0. The molecule has 0 aliphatic carbocycles. The fraction of sp³-hybridized carbons (Fsp3) is 0.368. The van der Waals surface area contributed by atoms with Crippen molar-refractivity contribution in [1.29, 1.82) is 0 Å². The highest BCUT2D eigenvalue weighted by atomic mass is 15.2. The number of aryl methyl sites for hydroxylation is 4. The predicted molar refractivity (Wildman–Crippen MR) is 351 cm³/mol. The van der Waals surface area contributed by atoms with Crippen molar-refractivity contribution in [3.8, 4) is 16.8 Å². The van der Waals surface area contributed by atoms with Crippen LogP contribution in [0.15, 0.2) is 152 Å². The molecule has 0 saturated carbocycles. The second kappa shape index (κ2) is 21.9. The van der Waals surface area contributed by atoms with Gasteiger partial charge in [0.1, 0.15) is 0 Å². The Morgan fingerprint density at radius 2 is 0.787 bits per heavy atom. The molecule has 0 fully saturated rings. The molecule has 8 aromatic carbocycles. The first kappa shape index (κ1) is 55.1. The lowest BCUT2D eigenvalue weighted by molar-refractivity contribution is 0.587. The molecule has 80 heavy (non-hydrogen) atoms. The van der Waals surface area contributed by atoms with E-state index in [0.717, 1.165) is 77.0 Å². The number of hydrogen-bond acceptors (Lipinski definition) is 2. The zero-order valence-electron chi connectivity index (χ0n) is 50.8. The minimum atomic E-state index is -0.154. The Hall–Kier alpha value is -6.78. The third-order valence-corrected chi connectivity index (χ3v) is 17.8. The summed E-state index contributed by atoms with van der Waals surface area (Å²) in [6.07, 6.45) is 13.2. The molecular weight excluding hydrogens is 966 g/mol. The summed E-state index contributed by atoms with van der Waals surface area (Å²) >= 11 is 0. The standard InChI is InChI=1S/C76H88BN3/c1-14-18-29-53-43-57(74(5,6)7)44-54(30-19-15-2)72(53)79-67-42-39-52(51-33-23-22-24-34-51)47-64(67)77-63-41-40-60(78-65-37-27-25-35-61(65)62-36-26-28-38-66(62)78)50-68(63)80(70-49-59(76(11,12)13)48-69(79)71(70)77)73-55(31-20-16-3)45-58(75(8,9)10)46-56(73)32-21-17-4/h22-28,33-50H,14-21,29-32H2,1-13H3. The largest absolute Gasteiger partial charge is 0.311 e. The van der Waals surface area contributed by atoms with Gasteiger partial charge in [0.2, 0.25) is 0 Å². The second-order valence-corrected chi connectivity index (χ2v) is 26.7. The van der Waals surface area contributed by atoms with E-state index in [4.69, 9.17) is 0 Å². The highest BCUT2D eigenvalue weighted by Crippen LogP contribution is 2.51. The van der Waals surface area contributed by atoms with Gasteiger partial charge in [0.05, 0.1) is 22.4 Å². The van der Waals surface area contributed by atoms with Crippen LogP contribution in [0.25, 0.3) is 38.6 Å². The average molecular weight is 1050 g/mol. The minimum absolute atomic E-state index is 0.00540. The van der Waals surface area contributed by atoms with E-state index in [-0.39, 0.29) is 23.0 Å². The third-order valence-electron chi connectivity index (χ3n) is 17.8. The Morgan fingerprint density at radius 1 is 0.362 bits per heavy atom. The lowest BCUT2D eigenvalue weighted by Gasteiger charge is -2.47. The van der Waals surface area contributed by atoms with Crippen molar-refractivity contribution >= 4 is 79.0 Å². The molecule has 410 valence electrons. The summed E-state index contributed by atoms with van der Waals surface area (Å²) in [5, 5.41) is 2.57. The van der Waals surface area contributed by atoms with Crippen molar-refractivity contribution in [3.05, 3.63) is 191 Å². The Bertz CT molecular complexity index is 3630. The molecule has 0 atom stereocenters. The van der Waals surface area contributed by atoms with E-state index < -0.39 is 0 Å². The Morgan fingerprint density at radius 3 is 1.24 bits per heavy atom. The van der Waals surface area contributed by atoms with Crippen LogP contribution in [-0.2, 0) is 41.9 Å². The molecule has 9 aromatic rings. The first-order valence-electron chi connectivity index (χ1n) is 30.9. The summed E-state index contributed by atoms with van der Waals surface area (Å²) in [4.78, 5) is 5.65. The third kappa shape index (κ3) is 10.0. The number of aromatic nitrogens is 1. The van der Waals surface area contributed by atoms with E-state index in [9.17, 15) is 0 Å². The molecule has 3 nitrogen and oxygen atoms in total. The minimum Gasteiger partial charge on any atom is -0.311 e. The number of unbranched alkanes of at least 4 members (excludes halogenated alkanes) is 4. The van der Waals surface area contributed by atoms with Crippen LogP contribution >= 0.6 is 0 Å². The van der Waals surface area contributed by atoms with Crippen molar-refractivity contribution < 1.29 is 0 Å². The number of fused-ring (bicyclic) bond motifs is 7. The van der Waals surface area contributed by atoms with Crippen LogP contribution in [0.2, 0.25) is 0 Å². The van der Waals surface area contributed by atoms with Crippen LogP contribution in [0, 0.1) is 0 Å². The van der Waals surface area contributed by atoms with Crippen molar-refractivity contribution in [2.45, 2.75) is 183 Å². The molecule has 0 radical (unpaired) electrons. The van der Waals surface area contributed by atoms with Gasteiger partial charge >= 0.3 is 0 Å². The van der Waals surface area contributed by atoms with Crippen molar-refractivity contribution in [3.63, 3.8) is 0 Å². The molecule has 3 heterocycles. The van der Waals surface area contributed by atoms with Gasteiger partial charge in [-0.2, -0.15) is 0 Å². The van der Waals surface area contributed by atoms with Gasteiger partial charge < -0.3 is 14.4 Å². The van der Waals surface area contributed by atoms with Gasteiger partial charge in [-0.15, -0.1) is 0 Å². The van der Waals surface area contributed by atoms with E-state index in [1.807, 2.05) is 0 Å². The van der Waals surface area contributed by atoms with Gasteiger partial charge in [0.25, 0.3) is 6.71 Å². The van der Waals surface area contributed by atoms with Crippen molar-refractivity contribution in [2.24, 2.45) is 0 Å². The summed E-state index contributed by atoms with van der Waals surface area (Å²) in [5.41, 5.74) is 28.3. The van der Waals surface area contributed by atoms with Crippen LogP contribution < -0.4 is 26.2 Å². The molecule has 2 aliphatic rings. The van der Waals surface area contributed by atoms with E-state index in [0.29, 0.717) is 0 Å². The fourth-order valence-electron chi connectivity index (χ4n) is 13.2. The van der Waals surface area contributed by atoms with Gasteiger partial charge in [-0.05, 0) is 177 Å². The average Bonchev–Trinajstić information content (AvgIpc) is 3.66. The van der Waals surface area contributed by atoms with Gasteiger partial charge in [-0.3, -0.25) is 0 Å². The van der Waals surface area contributed by atoms with Crippen molar-refractivity contribution in [2.75, 3.05) is 9.80 Å². The van der Waals surface area contributed by atoms with Gasteiger partial charge in [-0.1, -0.05) is 225 Å². The molecule has 1 aromatic heterocycles. The number of anilines is 6. The highest BCUT2D eigenvalue weighted by molar-refractivity contribution is 7.00. The van der Waals surface area contributed by atoms with Crippen LogP contribution in [-0.4, -0.2) is 11.3 Å². The smallest absolute Gasteiger partial charge is 0.252 e. The van der Waals surface area contributed by atoms with Gasteiger partial charge in [0, 0.05) is 39.2 Å². The molecule has 2 aliphatic heterocycles. The van der Waals surface area contributed by atoms with E-state index in [1.165, 1.54) is 128 Å². The summed E-state index contributed by atoms with van der Waals surface area (Å²) in [5.74, 6) is 0. The fourth-order valence-corrected chi connectivity index (χ4v) is 13.2.